The smallest absolute Gasteiger partial charge is 0.0456 e. The SMILES string of the molecule is Cc1cccc(Cl)c1[C@H](C1CCC1)N1CCNCC1.Cl.Cl. The Kier molecular flexibility index (Phi) is 7.80. The Morgan fingerprint density at radius 3 is 2.38 bits per heavy atom. The third-order valence-corrected chi connectivity index (χ3v) is 5.04. The fourth-order valence-corrected chi connectivity index (χ4v) is 3.79. The van der Waals surface area contributed by atoms with E-state index in [1.807, 2.05) is 0 Å². The van der Waals surface area contributed by atoms with E-state index in [4.69, 9.17) is 11.6 Å². The van der Waals surface area contributed by atoms with Gasteiger partial charge in [0, 0.05) is 37.2 Å². The number of hydrogen-bond donors (Lipinski definition) is 1. The highest BCUT2D eigenvalue weighted by molar-refractivity contribution is 6.31. The average molecular weight is 352 g/mol. The van der Waals surface area contributed by atoms with Gasteiger partial charge in [-0.2, -0.15) is 0 Å². The summed E-state index contributed by atoms with van der Waals surface area (Å²) in [5, 5.41) is 4.40. The van der Waals surface area contributed by atoms with Crippen molar-refractivity contribution in [3.63, 3.8) is 0 Å². The summed E-state index contributed by atoms with van der Waals surface area (Å²) in [4.78, 5) is 2.65. The summed E-state index contributed by atoms with van der Waals surface area (Å²) < 4.78 is 0. The van der Waals surface area contributed by atoms with E-state index < -0.39 is 0 Å². The number of rotatable bonds is 3. The van der Waals surface area contributed by atoms with Gasteiger partial charge in [-0.1, -0.05) is 30.2 Å². The Labute approximate surface area is 145 Å². The predicted molar refractivity (Wildman–Crippen MR) is 95.2 cm³/mol. The van der Waals surface area contributed by atoms with E-state index in [-0.39, 0.29) is 24.8 Å². The molecule has 1 N–H and O–H groups in total. The molecule has 1 heterocycles. The zero-order valence-corrected chi connectivity index (χ0v) is 14.9. The molecule has 1 aromatic carbocycles. The van der Waals surface area contributed by atoms with Crippen LogP contribution in [0.2, 0.25) is 5.02 Å². The van der Waals surface area contributed by atoms with Crippen molar-refractivity contribution >= 4 is 36.4 Å². The first-order valence-electron chi connectivity index (χ1n) is 7.47. The van der Waals surface area contributed by atoms with Crippen molar-refractivity contribution < 1.29 is 0 Å². The first-order valence-corrected chi connectivity index (χ1v) is 7.85. The van der Waals surface area contributed by atoms with Crippen LogP contribution in [0.1, 0.15) is 36.4 Å². The van der Waals surface area contributed by atoms with Crippen LogP contribution < -0.4 is 5.32 Å². The second-order valence-corrected chi connectivity index (χ2v) is 6.30. The van der Waals surface area contributed by atoms with Gasteiger partial charge < -0.3 is 5.32 Å². The molecule has 3 rings (SSSR count). The lowest BCUT2D eigenvalue weighted by Gasteiger charge is -2.44. The van der Waals surface area contributed by atoms with Gasteiger partial charge in [-0.25, -0.2) is 0 Å². The van der Waals surface area contributed by atoms with Crippen molar-refractivity contribution in [2.24, 2.45) is 5.92 Å². The van der Waals surface area contributed by atoms with E-state index >= 15 is 0 Å². The number of benzene rings is 1. The molecule has 1 saturated heterocycles. The standard InChI is InChI=1S/C16H23ClN2.2ClH/c1-12-4-2-7-14(17)15(12)16(13-5-3-6-13)19-10-8-18-9-11-19;;/h2,4,7,13,16,18H,3,5-6,8-11H2,1H3;2*1H/t16-;;/m0../s1. The van der Waals surface area contributed by atoms with Gasteiger partial charge in [-0.3, -0.25) is 4.90 Å². The molecule has 2 aliphatic rings. The fourth-order valence-electron chi connectivity index (χ4n) is 3.45. The molecule has 0 unspecified atom stereocenters. The summed E-state index contributed by atoms with van der Waals surface area (Å²) in [6.45, 7) is 6.70. The maximum Gasteiger partial charge on any atom is 0.0456 e. The zero-order valence-electron chi connectivity index (χ0n) is 12.5. The second-order valence-electron chi connectivity index (χ2n) is 5.89. The summed E-state index contributed by atoms with van der Waals surface area (Å²) >= 11 is 6.53. The van der Waals surface area contributed by atoms with Crippen LogP contribution in [0.25, 0.3) is 0 Å². The summed E-state index contributed by atoms with van der Waals surface area (Å²) in [6, 6.07) is 6.85. The number of halogens is 3. The van der Waals surface area contributed by atoms with Crippen LogP contribution in [0.3, 0.4) is 0 Å². The van der Waals surface area contributed by atoms with E-state index in [0.717, 1.165) is 37.1 Å². The number of hydrogen-bond acceptors (Lipinski definition) is 2. The second kappa shape index (κ2) is 8.59. The van der Waals surface area contributed by atoms with E-state index in [0.29, 0.717) is 6.04 Å². The van der Waals surface area contributed by atoms with E-state index in [1.165, 1.54) is 30.4 Å². The lowest BCUT2D eigenvalue weighted by atomic mass is 9.75. The molecule has 0 amide bonds. The van der Waals surface area contributed by atoms with Gasteiger partial charge in [0.25, 0.3) is 0 Å². The molecule has 120 valence electrons. The van der Waals surface area contributed by atoms with Gasteiger partial charge in [-0.15, -0.1) is 24.8 Å². The highest BCUT2D eigenvalue weighted by atomic mass is 35.5. The van der Waals surface area contributed by atoms with Gasteiger partial charge in [-0.05, 0) is 42.9 Å². The average Bonchev–Trinajstić information content (AvgIpc) is 2.36. The van der Waals surface area contributed by atoms with Crippen molar-refractivity contribution in [3.05, 3.63) is 34.3 Å². The van der Waals surface area contributed by atoms with Crippen LogP contribution in [0.15, 0.2) is 18.2 Å². The molecule has 0 aromatic heterocycles. The minimum atomic E-state index is 0. The number of nitrogens with zero attached hydrogens (tertiary/aromatic N) is 1. The summed E-state index contributed by atoms with van der Waals surface area (Å²) in [7, 11) is 0. The Balaban J connectivity index is 0.00000110. The molecule has 2 fully saturated rings. The van der Waals surface area contributed by atoms with Crippen molar-refractivity contribution in [2.45, 2.75) is 32.2 Å². The maximum atomic E-state index is 6.53. The first kappa shape index (κ1) is 19.1. The fraction of sp³-hybridized carbons (Fsp3) is 0.625. The van der Waals surface area contributed by atoms with E-state index in [9.17, 15) is 0 Å². The highest BCUT2D eigenvalue weighted by Gasteiger charge is 2.35. The number of piperazine rings is 1. The van der Waals surface area contributed by atoms with Crippen molar-refractivity contribution in [1.29, 1.82) is 0 Å². The largest absolute Gasteiger partial charge is 0.314 e. The summed E-state index contributed by atoms with van der Waals surface area (Å²) in [5.41, 5.74) is 2.73. The van der Waals surface area contributed by atoms with Gasteiger partial charge in [0.05, 0.1) is 0 Å². The van der Waals surface area contributed by atoms with Crippen LogP contribution in [-0.4, -0.2) is 31.1 Å². The molecule has 1 aliphatic heterocycles. The lowest BCUT2D eigenvalue weighted by molar-refractivity contribution is 0.0833. The third-order valence-electron chi connectivity index (χ3n) is 4.71. The molecular formula is C16H25Cl3N2. The minimum Gasteiger partial charge on any atom is -0.314 e. The normalized spacial score (nSPS) is 20.9. The molecule has 0 radical (unpaired) electrons. The van der Waals surface area contributed by atoms with Crippen molar-refractivity contribution in [2.75, 3.05) is 26.2 Å². The van der Waals surface area contributed by atoms with Crippen LogP contribution in [0, 0.1) is 12.8 Å². The third kappa shape index (κ3) is 4.05. The van der Waals surface area contributed by atoms with E-state index in [2.05, 4.69) is 35.3 Å². The molecule has 1 atom stereocenters. The Morgan fingerprint density at radius 2 is 1.86 bits per heavy atom. The van der Waals surface area contributed by atoms with Gasteiger partial charge in [0.15, 0.2) is 0 Å². The Hall–Kier alpha value is 0.01000. The molecule has 1 aromatic rings. The molecule has 1 saturated carbocycles. The maximum absolute atomic E-state index is 6.53. The molecule has 0 spiro atoms. The minimum absolute atomic E-state index is 0. The molecule has 5 heteroatoms. The summed E-state index contributed by atoms with van der Waals surface area (Å²) in [5.74, 6) is 0.802. The lowest BCUT2D eigenvalue weighted by Crippen LogP contribution is -2.48. The molecule has 0 bridgehead atoms. The van der Waals surface area contributed by atoms with Crippen molar-refractivity contribution in [1.82, 2.24) is 10.2 Å². The monoisotopic (exact) mass is 350 g/mol. The number of aryl methyl sites for hydroxylation is 1. The van der Waals surface area contributed by atoms with Crippen LogP contribution in [0.4, 0.5) is 0 Å². The van der Waals surface area contributed by atoms with E-state index in [1.54, 1.807) is 0 Å². The predicted octanol–water partition coefficient (Wildman–Crippen LogP) is 4.24. The van der Waals surface area contributed by atoms with Gasteiger partial charge in [0.1, 0.15) is 0 Å². The zero-order chi connectivity index (χ0) is 13.2. The highest BCUT2D eigenvalue weighted by Crippen LogP contribution is 2.44. The first-order chi connectivity index (χ1) is 9.27. The van der Waals surface area contributed by atoms with Crippen LogP contribution >= 0.6 is 36.4 Å². The quantitative estimate of drug-likeness (QED) is 0.876. The number of nitrogens with one attached hydrogen (secondary N) is 1. The van der Waals surface area contributed by atoms with Crippen LogP contribution in [0.5, 0.6) is 0 Å². The topological polar surface area (TPSA) is 15.3 Å². The van der Waals surface area contributed by atoms with Gasteiger partial charge in [0.2, 0.25) is 0 Å². The Bertz CT molecular complexity index is 423. The molecule has 2 nitrogen and oxygen atoms in total. The Morgan fingerprint density at radius 1 is 1.19 bits per heavy atom. The molecule has 21 heavy (non-hydrogen) atoms. The molecule has 1 aliphatic carbocycles. The van der Waals surface area contributed by atoms with Gasteiger partial charge >= 0.3 is 0 Å². The van der Waals surface area contributed by atoms with Crippen LogP contribution in [-0.2, 0) is 0 Å². The van der Waals surface area contributed by atoms with Crippen molar-refractivity contribution in [3.8, 4) is 0 Å². The summed E-state index contributed by atoms with van der Waals surface area (Å²) in [6.07, 6.45) is 4.11. The molecular weight excluding hydrogens is 327 g/mol.